The largest absolute Gasteiger partial charge is 0.418 e. The van der Waals surface area contributed by atoms with E-state index in [0.29, 0.717) is 18.9 Å². The van der Waals surface area contributed by atoms with Crippen LogP contribution in [0.3, 0.4) is 0 Å². The van der Waals surface area contributed by atoms with Gasteiger partial charge in [0.1, 0.15) is 0 Å². The lowest BCUT2D eigenvalue weighted by atomic mass is 10.00. The van der Waals surface area contributed by atoms with Crippen LogP contribution in [0.15, 0.2) is 12.1 Å². The zero-order chi connectivity index (χ0) is 14.8. The molecule has 1 fully saturated rings. The highest BCUT2D eigenvalue weighted by Gasteiger charge is 2.33. The highest BCUT2D eigenvalue weighted by Crippen LogP contribution is 2.31. The van der Waals surface area contributed by atoms with Gasteiger partial charge in [0, 0.05) is 13.1 Å². The van der Waals surface area contributed by atoms with Crippen molar-refractivity contribution in [3.63, 3.8) is 0 Å². The molecule has 1 aromatic rings. The second kappa shape index (κ2) is 6.12. The Bertz CT molecular complexity index is 457. The molecule has 2 nitrogen and oxygen atoms in total. The fourth-order valence-electron chi connectivity index (χ4n) is 2.82. The summed E-state index contributed by atoms with van der Waals surface area (Å²) in [6.45, 7) is 6.59. The lowest BCUT2D eigenvalue weighted by Gasteiger charge is -2.30. The van der Waals surface area contributed by atoms with Crippen molar-refractivity contribution in [2.45, 2.75) is 45.8 Å². The maximum Gasteiger partial charge on any atom is 0.418 e. The number of likely N-dealkylation sites (tertiary alicyclic amines) is 1. The second-order valence-corrected chi connectivity index (χ2v) is 5.63. The van der Waals surface area contributed by atoms with Crippen LogP contribution >= 0.6 is 0 Å². The summed E-state index contributed by atoms with van der Waals surface area (Å²) in [7, 11) is 0. The van der Waals surface area contributed by atoms with E-state index in [9.17, 15) is 13.2 Å². The first-order chi connectivity index (χ1) is 9.40. The zero-order valence-corrected chi connectivity index (χ0v) is 12.0. The number of nitrogens with zero attached hydrogens (tertiary/aromatic N) is 2. The first kappa shape index (κ1) is 15.3. The molecule has 5 heteroatoms. The smallest absolute Gasteiger partial charge is 0.297 e. The summed E-state index contributed by atoms with van der Waals surface area (Å²) in [5.41, 5.74) is 0.291. The van der Waals surface area contributed by atoms with E-state index in [1.165, 1.54) is 18.6 Å². The van der Waals surface area contributed by atoms with Crippen molar-refractivity contribution in [2.75, 3.05) is 13.1 Å². The third-order valence-electron chi connectivity index (χ3n) is 3.80. The fourth-order valence-corrected chi connectivity index (χ4v) is 2.82. The predicted molar refractivity (Wildman–Crippen MR) is 72.3 cm³/mol. The Morgan fingerprint density at radius 3 is 2.70 bits per heavy atom. The lowest BCUT2D eigenvalue weighted by Crippen LogP contribution is -2.34. The summed E-state index contributed by atoms with van der Waals surface area (Å²) in [4.78, 5) is 6.50. The van der Waals surface area contributed by atoms with Crippen LogP contribution in [0, 0.1) is 5.92 Å². The minimum absolute atomic E-state index is 0.153. The summed E-state index contributed by atoms with van der Waals surface area (Å²) in [5.74, 6) is 0.656. The first-order valence-electron chi connectivity index (χ1n) is 7.18. The average molecular weight is 286 g/mol. The molecule has 0 spiro atoms. The molecule has 1 saturated heterocycles. The van der Waals surface area contributed by atoms with Crippen LogP contribution in [-0.4, -0.2) is 23.0 Å². The van der Waals surface area contributed by atoms with Gasteiger partial charge in [-0.05, 0) is 43.9 Å². The Balaban J connectivity index is 2.13. The van der Waals surface area contributed by atoms with E-state index in [4.69, 9.17) is 0 Å². The van der Waals surface area contributed by atoms with E-state index in [-0.39, 0.29) is 5.69 Å². The summed E-state index contributed by atoms with van der Waals surface area (Å²) >= 11 is 0. The standard InChI is InChI=1S/C15H21F3N2/c1-3-14-13(15(16,17)18)7-6-12(19-14)10-20-8-4-5-11(2)9-20/h6-7,11H,3-5,8-10H2,1-2H3. The van der Waals surface area contributed by atoms with Crippen LogP contribution in [0.5, 0.6) is 0 Å². The van der Waals surface area contributed by atoms with Crippen LogP contribution in [0.25, 0.3) is 0 Å². The van der Waals surface area contributed by atoms with Gasteiger partial charge in [0.05, 0.1) is 17.0 Å². The molecule has 0 radical (unpaired) electrons. The number of hydrogen-bond acceptors (Lipinski definition) is 2. The molecular formula is C15H21F3N2. The molecule has 1 unspecified atom stereocenters. The van der Waals surface area contributed by atoms with E-state index in [1.54, 1.807) is 6.92 Å². The van der Waals surface area contributed by atoms with Crippen molar-refractivity contribution in [3.8, 4) is 0 Å². The highest BCUT2D eigenvalue weighted by atomic mass is 19.4. The van der Waals surface area contributed by atoms with E-state index in [2.05, 4.69) is 16.8 Å². The number of halogens is 3. The maximum absolute atomic E-state index is 12.8. The van der Waals surface area contributed by atoms with Gasteiger partial charge < -0.3 is 0 Å². The molecule has 112 valence electrons. The third kappa shape index (κ3) is 3.72. The molecular weight excluding hydrogens is 265 g/mol. The van der Waals surface area contributed by atoms with Gasteiger partial charge in [0.2, 0.25) is 0 Å². The van der Waals surface area contributed by atoms with Crippen LogP contribution in [0.1, 0.15) is 43.6 Å². The predicted octanol–water partition coefficient (Wildman–Crippen LogP) is 3.89. The zero-order valence-electron chi connectivity index (χ0n) is 12.0. The number of piperidine rings is 1. The monoisotopic (exact) mass is 286 g/mol. The van der Waals surface area contributed by atoms with Gasteiger partial charge in [-0.3, -0.25) is 9.88 Å². The quantitative estimate of drug-likeness (QED) is 0.838. The van der Waals surface area contributed by atoms with Crippen LogP contribution in [-0.2, 0) is 19.1 Å². The topological polar surface area (TPSA) is 16.1 Å². The molecule has 0 aliphatic carbocycles. The van der Waals surface area contributed by atoms with Gasteiger partial charge in [-0.25, -0.2) is 0 Å². The molecule has 2 heterocycles. The number of rotatable bonds is 3. The van der Waals surface area contributed by atoms with E-state index < -0.39 is 11.7 Å². The molecule has 0 N–H and O–H groups in total. The first-order valence-corrected chi connectivity index (χ1v) is 7.18. The van der Waals surface area contributed by atoms with Gasteiger partial charge in [0.25, 0.3) is 0 Å². The summed E-state index contributed by atoms with van der Waals surface area (Å²) in [6, 6.07) is 2.69. The van der Waals surface area contributed by atoms with Crippen LogP contribution in [0.2, 0.25) is 0 Å². The van der Waals surface area contributed by atoms with E-state index in [0.717, 1.165) is 25.2 Å². The van der Waals surface area contributed by atoms with Gasteiger partial charge in [-0.2, -0.15) is 13.2 Å². The minimum atomic E-state index is -4.31. The van der Waals surface area contributed by atoms with E-state index in [1.807, 2.05) is 0 Å². The van der Waals surface area contributed by atoms with Crippen LogP contribution < -0.4 is 0 Å². The van der Waals surface area contributed by atoms with Crippen LogP contribution in [0.4, 0.5) is 13.2 Å². The second-order valence-electron chi connectivity index (χ2n) is 5.63. The highest BCUT2D eigenvalue weighted by molar-refractivity contribution is 5.26. The Labute approximate surface area is 118 Å². The molecule has 0 aromatic carbocycles. The van der Waals surface area contributed by atoms with Crippen molar-refractivity contribution in [1.29, 1.82) is 0 Å². The fraction of sp³-hybridized carbons (Fsp3) is 0.667. The normalized spacial score (nSPS) is 21.1. The Kier molecular flexibility index (Phi) is 4.68. The molecule has 1 aliphatic heterocycles. The molecule has 2 rings (SSSR count). The molecule has 1 aromatic heterocycles. The molecule has 0 bridgehead atoms. The number of alkyl halides is 3. The Hall–Kier alpha value is -1.10. The van der Waals surface area contributed by atoms with Crippen molar-refractivity contribution in [1.82, 2.24) is 9.88 Å². The molecule has 1 atom stereocenters. The summed E-state index contributed by atoms with van der Waals surface area (Å²) < 4.78 is 38.5. The molecule has 0 amide bonds. The average Bonchev–Trinajstić information content (AvgIpc) is 2.37. The molecule has 1 aliphatic rings. The van der Waals surface area contributed by atoms with Gasteiger partial charge >= 0.3 is 6.18 Å². The summed E-state index contributed by atoms with van der Waals surface area (Å²) in [6.07, 6.45) is -1.62. The number of aromatic nitrogens is 1. The van der Waals surface area contributed by atoms with E-state index >= 15 is 0 Å². The maximum atomic E-state index is 12.8. The Morgan fingerprint density at radius 2 is 2.10 bits per heavy atom. The SMILES string of the molecule is CCc1nc(CN2CCCC(C)C2)ccc1C(F)(F)F. The van der Waals surface area contributed by atoms with Crippen molar-refractivity contribution >= 4 is 0 Å². The third-order valence-corrected chi connectivity index (χ3v) is 3.80. The van der Waals surface area contributed by atoms with Crippen molar-refractivity contribution in [2.24, 2.45) is 5.92 Å². The van der Waals surface area contributed by atoms with Gasteiger partial charge in [-0.15, -0.1) is 0 Å². The van der Waals surface area contributed by atoms with Gasteiger partial charge in [-0.1, -0.05) is 13.8 Å². The number of hydrogen-bond donors (Lipinski definition) is 0. The Morgan fingerprint density at radius 1 is 1.35 bits per heavy atom. The van der Waals surface area contributed by atoms with Crippen molar-refractivity contribution in [3.05, 3.63) is 29.1 Å². The summed E-state index contributed by atoms with van der Waals surface area (Å²) in [5, 5.41) is 0. The molecule has 20 heavy (non-hydrogen) atoms. The van der Waals surface area contributed by atoms with Crippen molar-refractivity contribution < 1.29 is 13.2 Å². The number of aryl methyl sites for hydroxylation is 1. The molecule has 0 saturated carbocycles. The minimum Gasteiger partial charge on any atom is -0.297 e. The van der Waals surface area contributed by atoms with Gasteiger partial charge in [0.15, 0.2) is 0 Å². The number of pyridine rings is 1. The lowest BCUT2D eigenvalue weighted by molar-refractivity contribution is -0.138.